The molecule has 1 aliphatic rings. The largest absolute Gasteiger partial charge is 0.360 e. The van der Waals surface area contributed by atoms with Gasteiger partial charge in [-0.25, -0.2) is 13.2 Å². The van der Waals surface area contributed by atoms with Crippen LogP contribution in [0, 0.1) is 13.8 Å². The van der Waals surface area contributed by atoms with Crippen molar-refractivity contribution >= 4 is 32.5 Å². The van der Waals surface area contributed by atoms with Gasteiger partial charge in [-0.1, -0.05) is 29.8 Å². The number of unbranched alkanes of at least 4 members (excludes halogenated alkanes) is 1. The molecule has 1 saturated heterocycles. The van der Waals surface area contributed by atoms with Crippen LogP contribution in [0.3, 0.4) is 0 Å². The van der Waals surface area contributed by atoms with Crippen molar-refractivity contribution in [3.05, 3.63) is 16.5 Å². The van der Waals surface area contributed by atoms with E-state index in [0.717, 1.165) is 24.3 Å². The number of hydrogen-bond acceptors (Lipinski definition) is 8. The van der Waals surface area contributed by atoms with Crippen molar-refractivity contribution in [2.75, 3.05) is 31.5 Å². The molecule has 2 amide bonds. The third-order valence-corrected chi connectivity index (χ3v) is 7.56. The molecule has 1 N–H and O–H groups in total. The minimum Gasteiger partial charge on any atom is -0.360 e. The van der Waals surface area contributed by atoms with Crippen LogP contribution in [-0.4, -0.2) is 65.2 Å². The molecule has 0 unspecified atom stereocenters. The molecule has 0 bridgehead atoms. The lowest BCUT2D eigenvalue weighted by Crippen LogP contribution is -2.51. The first-order chi connectivity index (χ1) is 13.3. The van der Waals surface area contributed by atoms with E-state index in [4.69, 9.17) is 4.52 Å². The predicted octanol–water partition coefficient (Wildman–Crippen LogP) is 2.02. The quantitative estimate of drug-likeness (QED) is 0.747. The molecular formula is C16H24N6O4S2. The SMILES string of the molecule is CCCCc1nnc(NC(=O)N2CCN(S(=O)(=O)c3c(C)noc3C)CC2)s1. The van der Waals surface area contributed by atoms with Crippen LogP contribution in [0.4, 0.5) is 9.93 Å². The van der Waals surface area contributed by atoms with Crippen LogP contribution < -0.4 is 5.32 Å². The zero-order valence-corrected chi connectivity index (χ0v) is 17.8. The van der Waals surface area contributed by atoms with Gasteiger partial charge in [-0.05, 0) is 20.3 Å². The van der Waals surface area contributed by atoms with Gasteiger partial charge in [0.25, 0.3) is 0 Å². The summed E-state index contributed by atoms with van der Waals surface area (Å²) in [5.41, 5.74) is 0.341. The van der Waals surface area contributed by atoms with E-state index < -0.39 is 10.0 Å². The molecule has 1 fully saturated rings. The molecule has 0 aromatic carbocycles. The molecule has 154 valence electrons. The van der Waals surface area contributed by atoms with Crippen LogP contribution in [0.15, 0.2) is 9.42 Å². The van der Waals surface area contributed by atoms with Gasteiger partial charge in [-0.15, -0.1) is 10.2 Å². The van der Waals surface area contributed by atoms with E-state index in [-0.39, 0.29) is 42.9 Å². The lowest BCUT2D eigenvalue weighted by atomic mass is 10.3. The maximum absolute atomic E-state index is 12.8. The lowest BCUT2D eigenvalue weighted by Gasteiger charge is -2.33. The minimum atomic E-state index is -3.70. The van der Waals surface area contributed by atoms with Crippen LogP contribution >= 0.6 is 11.3 Å². The third-order valence-electron chi connectivity index (χ3n) is 4.52. The van der Waals surface area contributed by atoms with Crippen LogP contribution in [0.1, 0.15) is 36.2 Å². The molecular weight excluding hydrogens is 404 g/mol. The molecule has 0 atom stereocenters. The van der Waals surface area contributed by atoms with Crippen molar-refractivity contribution in [1.29, 1.82) is 0 Å². The number of hydrogen-bond donors (Lipinski definition) is 1. The Morgan fingerprint density at radius 2 is 1.93 bits per heavy atom. The van der Waals surface area contributed by atoms with Gasteiger partial charge in [-0.3, -0.25) is 5.32 Å². The second-order valence-corrected chi connectivity index (χ2v) is 9.52. The molecule has 0 spiro atoms. The Hall–Kier alpha value is -2.05. The third kappa shape index (κ3) is 4.33. The van der Waals surface area contributed by atoms with Crippen molar-refractivity contribution in [3.8, 4) is 0 Å². The van der Waals surface area contributed by atoms with E-state index in [0.29, 0.717) is 10.8 Å². The Bertz CT molecular complexity index is 911. The van der Waals surface area contributed by atoms with Crippen LogP contribution in [0.5, 0.6) is 0 Å². The highest BCUT2D eigenvalue weighted by Crippen LogP contribution is 2.24. The Kier molecular flexibility index (Phi) is 6.30. The van der Waals surface area contributed by atoms with Crippen molar-refractivity contribution in [2.24, 2.45) is 0 Å². The van der Waals surface area contributed by atoms with Gasteiger partial charge >= 0.3 is 6.03 Å². The molecule has 3 rings (SSSR count). The highest BCUT2D eigenvalue weighted by Gasteiger charge is 2.34. The first-order valence-electron chi connectivity index (χ1n) is 9.14. The van der Waals surface area contributed by atoms with Crippen molar-refractivity contribution < 1.29 is 17.7 Å². The topological polar surface area (TPSA) is 122 Å². The van der Waals surface area contributed by atoms with Gasteiger partial charge in [0, 0.05) is 32.6 Å². The van der Waals surface area contributed by atoms with E-state index in [1.165, 1.54) is 15.6 Å². The summed E-state index contributed by atoms with van der Waals surface area (Å²) in [5.74, 6) is 0.271. The van der Waals surface area contributed by atoms with Crippen molar-refractivity contribution in [3.63, 3.8) is 0 Å². The molecule has 2 aromatic heterocycles. The summed E-state index contributed by atoms with van der Waals surface area (Å²) in [6, 6.07) is -0.299. The molecule has 28 heavy (non-hydrogen) atoms. The second-order valence-electron chi connectivity index (χ2n) is 6.58. The van der Waals surface area contributed by atoms with Gasteiger partial charge in [0.05, 0.1) is 0 Å². The normalized spacial score (nSPS) is 15.8. The molecule has 1 aliphatic heterocycles. The number of sulfonamides is 1. The first kappa shape index (κ1) is 20.7. The molecule has 0 radical (unpaired) electrons. The summed E-state index contributed by atoms with van der Waals surface area (Å²) in [6.07, 6.45) is 2.95. The standard InChI is InChI=1S/C16H24N6O4S2/c1-4-5-6-13-18-19-15(27-13)17-16(23)21-7-9-22(10-8-21)28(24,25)14-11(2)20-26-12(14)3/h4-10H2,1-3H3,(H,17,19,23). The van der Waals surface area contributed by atoms with E-state index in [2.05, 4.69) is 27.6 Å². The zero-order valence-electron chi connectivity index (χ0n) is 16.1. The lowest BCUT2D eigenvalue weighted by molar-refractivity contribution is 0.184. The van der Waals surface area contributed by atoms with Gasteiger partial charge in [0.15, 0.2) is 5.76 Å². The van der Waals surface area contributed by atoms with Crippen molar-refractivity contribution in [1.82, 2.24) is 24.6 Å². The van der Waals surface area contributed by atoms with Gasteiger partial charge in [0.1, 0.15) is 15.6 Å². The number of aryl methyl sites for hydroxylation is 3. The molecule has 3 heterocycles. The van der Waals surface area contributed by atoms with E-state index in [9.17, 15) is 13.2 Å². The second kappa shape index (κ2) is 8.53. The maximum Gasteiger partial charge on any atom is 0.323 e. The summed E-state index contributed by atoms with van der Waals surface area (Å²) < 4.78 is 32.0. The van der Waals surface area contributed by atoms with Gasteiger partial charge in [-0.2, -0.15) is 4.31 Å². The number of carbonyl (C=O) groups excluding carboxylic acids is 1. The average molecular weight is 429 g/mol. The fourth-order valence-electron chi connectivity index (χ4n) is 3.01. The fraction of sp³-hybridized carbons (Fsp3) is 0.625. The summed E-state index contributed by atoms with van der Waals surface area (Å²) in [4.78, 5) is 14.1. The Morgan fingerprint density at radius 1 is 1.21 bits per heavy atom. The molecule has 12 heteroatoms. The van der Waals surface area contributed by atoms with Crippen LogP contribution in [-0.2, 0) is 16.4 Å². The van der Waals surface area contributed by atoms with Gasteiger partial charge < -0.3 is 9.42 Å². The summed E-state index contributed by atoms with van der Waals surface area (Å²) in [7, 11) is -3.70. The number of aromatic nitrogens is 3. The molecule has 2 aromatic rings. The number of nitrogens with one attached hydrogen (secondary N) is 1. The number of anilines is 1. The van der Waals surface area contributed by atoms with Crippen molar-refractivity contribution in [2.45, 2.75) is 44.9 Å². The molecule has 0 aliphatic carbocycles. The van der Waals surface area contributed by atoms with E-state index in [1.807, 2.05) is 0 Å². The predicted molar refractivity (Wildman–Crippen MR) is 104 cm³/mol. The highest BCUT2D eigenvalue weighted by atomic mass is 32.2. The smallest absolute Gasteiger partial charge is 0.323 e. The summed E-state index contributed by atoms with van der Waals surface area (Å²) >= 11 is 1.37. The van der Waals surface area contributed by atoms with Crippen LogP contribution in [0.2, 0.25) is 0 Å². The minimum absolute atomic E-state index is 0.110. The Balaban J connectivity index is 1.57. The Morgan fingerprint density at radius 3 is 2.54 bits per heavy atom. The number of piperazine rings is 1. The van der Waals surface area contributed by atoms with E-state index in [1.54, 1.807) is 18.7 Å². The zero-order chi connectivity index (χ0) is 20.3. The highest BCUT2D eigenvalue weighted by molar-refractivity contribution is 7.89. The van der Waals surface area contributed by atoms with Crippen LogP contribution in [0.25, 0.3) is 0 Å². The summed E-state index contributed by atoms with van der Waals surface area (Å²) in [5, 5.41) is 15.9. The molecule has 0 saturated carbocycles. The number of rotatable bonds is 6. The number of carbonyl (C=O) groups is 1. The first-order valence-corrected chi connectivity index (χ1v) is 11.4. The number of urea groups is 1. The summed E-state index contributed by atoms with van der Waals surface area (Å²) in [6.45, 7) is 6.27. The molecule has 10 nitrogen and oxygen atoms in total. The Labute approximate surface area is 168 Å². The number of amides is 2. The van der Waals surface area contributed by atoms with Gasteiger partial charge in [0.2, 0.25) is 15.2 Å². The monoisotopic (exact) mass is 428 g/mol. The van der Waals surface area contributed by atoms with E-state index >= 15 is 0 Å². The average Bonchev–Trinajstić information content (AvgIpc) is 3.26. The fourth-order valence-corrected chi connectivity index (χ4v) is 5.49. The number of nitrogens with zero attached hydrogens (tertiary/aromatic N) is 5. The maximum atomic E-state index is 12.8.